The van der Waals surface area contributed by atoms with Gasteiger partial charge in [0.1, 0.15) is 5.82 Å². The quantitative estimate of drug-likeness (QED) is 0.791. The molecule has 1 aliphatic rings. The number of hydrogen-bond donors (Lipinski definition) is 2. The van der Waals surface area contributed by atoms with Crippen molar-refractivity contribution in [1.29, 1.82) is 0 Å². The highest BCUT2D eigenvalue weighted by Crippen LogP contribution is 2.15. The summed E-state index contributed by atoms with van der Waals surface area (Å²) in [7, 11) is 0. The zero-order valence-electron chi connectivity index (χ0n) is 9.03. The Morgan fingerprint density at radius 2 is 2.25 bits per heavy atom. The van der Waals surface area contributed by atoms with E-state index in [0.29, 0.717) is 12.2 Å². The van der Waals surface area contributed by atoms with E-state index in [4.69, 9.17) is 0 Å². The first kappa shape index (κ1) is 10.4. The van der Waals surface area contributed by atoms with Crippen LogP contribution in [0.25, 0.3) is 0 Å². The molecule has 1 amide bonds. The molecule has 0 saturated heterocycles. The fourth-order valence-corrected chi connectivity index (χ4v) is 1.36. The molecule has 0 bridgehead atoms. The van der Waals surface area contributed by atoms with Gasteiger partial charge in [-0.25, -0.2) is 4.99 Å². The van der Waals surface area contributed by atoms with Crippen molar-refractivity contribution in [1.82, 2.24) is 5.32 Å². The van der Waals surface area contributed by atoms with Crippen LogP contribution in [0.1, 0.15) is 18.9 Å². The molecular weight excluding hydrogens is 202 g/mol. The van der Waals surface area contributed by atoms with Gasteiger partial charge in [0.15, 0.2) is 0 Å². The monoisotopic (exact) mass is 215 g/mol. The highest BCUT2D eigenvalue weighted by atomic mass is 16.1. The Balaban J connectivity index is 2.18. The van der Waals surface area contributed by atoms with E-state index in [1.165, 1.54) is 0 Å². The van der Waals surface area contributed by atoms with Crippen molar-refractivity contribution in [3.8, 4) is 0 Å². The van der Waals surface area contributed by atoms with E-state index in [2.05, 4.69) is 15.6 Å². The number of aliphatic imine (C=N–C) groups is 1. The second-order valence-electron chi connectivity index (χ2n) is 3.42. The van der Waals surface area contributed by atoms with Crippen molar-refractivity contribution in [2.75, 3.05) is 5.32 Å². The standard InChI is InChI=1S/C12H13N3O/c1-2-12(16)15-11-8-13-10-6-4-3-5-9(10)7-14-11/h3-8,13H,2H2,1H3,(H,15,16). The van der Waals surface area contributed by atoms with Gasteiger partial charge in [0.05, 0.1) is 0 Å². The number of hydrogen-bond acceptors (Lipinski definition) is 3. The van der Waals surface area contributed by atoms with E-state index in [-0.39, 0.29) is 5.91 Å². The van der Waals surface area contributed by atoms with Crippen molar-refractivity contribution in [2.45, 2.75) is 13.3 Å². The summed E-state index contributed by atoms with van der Waals surface area (Å²) in [5.41, 5.74) is 1.98. The second kappa shape index (κ2) is 4.61. The van der Waals surface area contributed by atoms with Crippen LogP contribution in [-0.4, -0.2) is 12.1 Å². The normalized spacial score (nSPS) is 13.2. The van der Waals surface area contributed by atoms with E-state index in [0.717, 1.165) is 11.3 Å². The first-order valence-electron chi connectivity index (χ1n) is 5.19. The summed E-state index contributed by atoms with van der Waals surface area (Å²) in [5, 5.41) is 5.81. The van der Waals surface area contributed by atoms with Crippen LogP contribution in [0.2, 0.25) is 0 Å². The molecule has 2 rings (SSSR count). The average molecular weight is 215 g/mol. The molecule has 4 heteroatoms. The number of benzene rings is 1. The number of amides is 1. The van der Waals surface area contributed by atoms with Crippen molar-refractivity contribution in [3.05, 3.63) is 41.8 Å². The number of para-hydroxylation sites is 1. The Morgan fingerprint density at radius 3 is 3.06 bits per heavy atom. The number of rotatable bonds is 2. The van der Waals surface area contributed by atoms with E-state index >= 15 is 0 Å². The van der Waals surface area contributed by atoms with Gasteiger partial charge in [-0.05, 0) is 6.07 Å². The van der Waals surface area contributed by atoms with Gasteiger partial charge >= 0.3 is 0 Å². The fourth-order valence-electron chi connectivity index (χ4n) is 1.36. The lowest BCUT2D eigenvalue weighted by Crippen LogP contribution is -2.20. The molecule has 0 aromatic heterocycles. The Hall–Kier alpha value is -2.10. The van der Waals surface area contributed by atoms with Gasteiger partial charge in [-0.3, -0.25) is 4.79 Å². The SMILES string of the molecule is CCC(=O)NC1=CNc2ccccc2C=N1. The van der Waals surface area contributed by atoms with Gasteiger partial charge in [-0.2, -0.15) is 0 Å². The predicted octanol–water partition coefficient (Wildman–Crippen LogP) is 1.86. The minimum Gasteiger partial charge on any atom is -0.358 e. The Kier molecular flexibility index (Phi) is 3.00. The van der Waals surface area contributed by atoms with Gasteiger partial charge in [-0.1, -0.05) is 25.1 Å². The number of anilines is 1. The van der Waals surface area contributed by atoms with E-state index in [1.54, 1.807) is 19.3 Å². The molecule has 1 heterocycles. The van der Waals surface area contributed by atoms with E-state index in [1.807, 2.05) is 24.3 Å². The summed E-state index contributed by atoms with van der Waals surface area (Å²) >= 11 is 0. The van der Waals surface area contributed by atoms with Gasteiger partial charge in [0, 0.05) is 30.1 Å². The maximum absolute atomic E-state index is 11.2. The minimum absolute atomic E-state index is 0.0452. The van der Waals surface area contributed by atoms with Crippen LogP contribution < -0.4 is 10.6 Å². The van der Waals surface area contributed by atoms with Crippen LogP contribution in [0.3, 0.4) is 0 Å². The maximum atomic E-state index is 11.2. The zero-order valence-corrected chi connectivity index (χ0v) is 9.03. The molecule has 2 N–H and O–H groups in total. The summed E-state index contributed by atoms with van der Waals surface area (Å²) in [5.74, 6) is 0.485. The summed E-state index contributed by atoms with van der Waals surface area (Å²) in [6, 6.07) is 7.82. The van der Waals surface area contributed by atoms with Gasteiger partial charge in [-0.15, -0.1) is 0 Å². The van der Waals surface area contributed by atoms with E-state index in [9.17, 15) is 4.79 Å². The molecule has 16 heavy (non-hydrogen) atoms. The van der Waals surface area contributed by atoms with E-state index < -0.39 is 0 Å². The van der Waals surface area contributed by atoms with Crippen LogP contribution in [0, 0.1) is 0 Å². The number of nitrogens with one attached hydrogen (secondary N) is 2. The summed E-state index contributed by atoms with van der Waals surface area (Å²) in [4.78, 5) is 15.4. The molecule has 0 aliphatic carbocycles. The Labute approximate surface area is 94.1 Å². The summed E-state index contributed by atoms with van der Waals surface area (Å²) in [6.07, 6.45) is 3.87. The van der Waals surface area contributed by atoms with Crippen LogP contribution >= 0.6 is 0 Å². The molecule has 1 aromatic rings. The van der Waals surface area contributed by atoms with Gasteiger partial charge < -0.3 is 10.6 Å². The van der Waals surface area contributed by atoms with Crippen LogP contribution in [0.5, 0.6) is 0 Å². The van der Waals surface area contributed by atoms with Crippen molar-refractivity contribution >= 4 is 17.8 Å². The third kappa shape index (κ3) is 2.28. The highest BCUT2D eigenvalue weighted by Gasteiger charge is 2.05. The van der Waals surface area contributed by atoms with Crippen LogP contribution in [0.4, 0.5) is 5.69 Å². The second-order valence-corrected chi connectivity index (χ2v) is 3.42. The summed E-state index contributed by atoms with van der Waals surface area (Å²) in [6.45, 7) is 1.80. The molecule has 82 valence electrons. The van der Waals surface area contributed by atoms with Gasteiger partial charge in [0.25, 0.3) is 0 Å². The first-order chi connectivity index (χ1) is 7.79. The Bertz CT molecular complexity index is 463. The van der Waals surface area contributed by atoms with Crippen LogP contribution in [-0.2, 0) is 4.79 Å². The highest BCUT2D eigenvalue weighted by molar-refractivity contribution is 5.90. The lowest BCUT2D eigenvalue weighted by Gasteiger charge is -2.03. The summed E-state index contributed by atoms with van der Waals surface area (Å²) < 4.78 is 0. The van der Waals surface area contributed by atoms with Crippen molar-refractivity contribution < 1.29 is 4.79 Å². The van der Waals surface area contributed by atoms with Gasteiger partial charge in [0.2, 0.25) is 5.91 Å². The number of carbonyl (C=O) groups excluding carboxylic acids is 1. The lowest BCUT2D eigenvalue weighted by molar-refractivity contribution is -0.120. The molecule has 0 atom stereocenters. The average Bonchev–Trinajstić information content (AvgIpc) is 2.52. The molecule has 4 nitrogen and oxygen atoms in total. The third-order valence-corrected chi connectivity index (χ3v) is 2.26. The predicted molar refractivity (Wildman–Crippen MR) is 64.2 cm³/mol. The smallest absolute Gasteiger partial charge is 0.225 e. The number of carbonyl (C=O) groups is 1. The minimum atomic E-state index is -0.0452. The number of fused-ring (bicyclic) bond motifs is 1. The molecule has 0 unspecified atom stereocenters. The molecular formula is C12H13N3O. The molecule has 0 saturated carbocycles. The first-order valence-corrected chi connectivity index (χ1v) is 5.19. The molecule has 0 radical (unpaired) electrons. The fraction of sp³-hybridized carbons (Fsp3) is 0.167. The molecule has 0 spiro atoms. The lowest BCUT2D eigenvalue weighted by atomic mass is 10.2. The molecule has 1 aliphatic heterocycles. The molecule has 1 aromatic carbocycles. The molecule has 0 fully saturated rings. The largest absolute Gasteiger partial charge is 0.358 e. The van der Waals surface area contributed by atoms with Crippen LogP contribution in [0.15, 0.2) is 41.3 Å². The third-order valence-electron chi connectivity index (χ3n) is 2.26. The topological polar surface area (TPSA) is 53.5 Å². The zero-order chi connectivity index (χ0) is 11.4. The van der Waals surface area contributed by atoms with Crippen molar-refractivity contribution in [3.63, 3.8) is 0 Å². The number of nitrogens with zero attached hydrogens (tertiary/aromatic N) is 1. The van der Waals surface area contributed by atoms with Crippen molar-refractivity contribution in [2.24, 2.45) is 4.99 Å². The maximum Gasteiger partial charge on any atom is 0.225 e. The Morgan fingerprint density at radius 1 is 1.44 bits per heavy atom.